The molecule has 1 rings (SSSR count). The molecule has 2 N–H and O–H groups in total. The zero-order valence-electron chi connectivity index (χ0n) is 11.1. The number of carbonyl (C=O) groups is 1. The molecule has 1 heterocycles. The summed E-state index contributed by atoms with van der Waals surface area (Å²) in [5.41, 5.74) is 3.22. The highest BCUT2D eigenvalue weighted by Crippen LogP contribution is 2.11. The van der Waals surface area contributed by atoms with Crippen molar-refractivity contribution in [3.63, 3.8) is 0 Å². The standard InChI is InChI=1S/C12H22N4O/c1-9-11(10(2)16(4)15-9)8-14-12(17)6-5-7-13-3/h13H,5-8H2,1-4H3,(H,14,17). The molecule has 0 saturated heterocycles. The Morgan fingerprint density at radius 1 is 1.41 bits per heavy atom. The van der Waals surface area contributed by atoms with Crippen LogP contribution in [-0.4, -0.2) is 29.3 Å². The number of aromatic nitrogens is 2. The van der Waals surface area contributed by atoms with E-state index in [-0.39, 0.29) is 5.91 Å². The van der Waals surface area contributed by atoms with Gasteiger partial charge in [0.1, 0.15) is 0 Å². The molecule has 1 amide bonds. The molecule has 0 atom stereocenters. The van der Waals surface area contributed by atoms with Gasteiger partial charge in [0.15, 0.2) is 0 Å². The van der Waals surface area contributed by atoms with Crippen molar-refractivity contribution in [2.75, 3.05) is 13.6 Å². The molecule has 0 bridgehead atoms. The van der Waals surface area contributed by atoms with E-state index in [2.05, 4.69) is 15.7 Å². The van der Waals surface area contributed by atoms with Gasteiger partial charge in [0.2, 0.25) is 5.91 Å². The lowest BCUT2D eigenvalue weighted by Gasteiger charge is -2.05. The fourth-order valence-electron chi connectivity index (χ4n) is 1.77. The quantitative estimate of drug-likeness (QED) is 0.716. The number of rotatable bonds is 6. The summed E-state index contributed by atoms with van der Waals surface area (Å²) in [7, 11) is 3.81. The normalized spacial score (nSPS) is 10.6. The van der Waals surface area contributed by atoms with Gasteiger partial charge in [-0.1, -0.05) is 0 Å². The van der Waals surface area contributed by atoms with Crippen molar-refractivity contribution in [3.05, 3.63) is 17.0 Å². The lowest BCUT2D eigenvalue weighted by Crippen LogP contribution is -2.24. The molecule has 0 fully saturated rings. The van der Waals surface area contributed by atoms with Crippen LogP contribution < -0.4 is 10.6 Å². The minimum atomic E-state index is 0.0999. The van der Waals surface area contributed by atoms with Crippen LogP contribution in [0, 0.1) is 13.8 Å². The van der Waals surface area contributed by atoms with Gasteiger partial charge in [-0.15, -0.1) is 0 Å². The Morgan fingerprint density at radius 2 is 2.12 bits per heavy atom. The fraction of sp³-hybridized carbons (Fsp3) is 0.667. The van der Waals surface area contributed by atoms with Crippen molar-refractivity contribution < 1.29 is 4.79 Å². The zero-order valence-corrected chi connectivity index (χ0v) is 11.1. The molecule has 0 aliphatic rings. The highest BCUT2D eigenvalue weighted by Gasteiger charge is 2.10. The summed E-state index contributed by atoms with van der Waals surface area (Å²) in [6.45, 7) is 5.43. The molecule has 17 heavy (non-hydrogen) atoms. The van der Waals surface area contributed by atoms with Crippen LogP contribution in [0.3, 0.4) is 0 Å². The Kier molecular flexibility index (Phi) is 5.15. The molecule has 0 radical (unpaired) electrons. The Morgan fingerprint density at radius 3 is 2.65 bits per heavy atom. The van der Waals surface area contributed by atoms with Crippen molar-refractivity contribution in [2.45, 2.75) is 33.2 Å². The van der Waals surface area contributed by atoms with Gasteiger partial charge < -0.3 is 10.6 Å². The van der Waals surface area contributed by atoms with Crippen LogP contribution in [0.15, 0.2) is 0 Å². The van der Waals surface area contributed by atoms with Crippen LogP contribution in [0.5, 0.6) is 0 Å². The molecule has 0 aliphatic heterocycles. The van der Waals surface area contributed by atoms with Crippen LogP contribution in [0.4, 0.5) is 0 Å². The summed E-state index contributed by atoms with van der Waals surface area (Å²) in [6, 6.07) is 0. The molecule has 0 unspecified atom stereocenters. The number of hydrogen-bond acceptors (Lipinski definition) is 3. The minimum Gasteiger partial charge on any atom is -0.352 e. The van der Waals surface area contributed by atoms with E-state index in [1.54, 1.807) is 0 Å². The predicted octanol–water partition coefficient (Wildman–Crippen LogP) is 0.653. The summed E-state index contributed by atoms with van der Waals surface area (Å²) in [5.74, 6) is 0.0999. The molecule has 0 aromatic carbocycles. The molecule has 1 aromatic heterocycles. The first-order valence-corrected chi connectivity index (χ1v) is 5.96. The van der Waals surface area contributed by atoms with E-state index >= 15 is 0 Å². The molecular weight excluding hydrogens is 216 g/mol. The molecule has 5 nitrogen and oxygen atoms in total. The second kappa shape index (κ2) is 6.39. The minimum absolute atomic E-state index is 0.0999. The van der Waals surface area contributed by atoms with Crippen LogP contribution in [0.25, 0.3) is 0 Å². The first-order valence-electron chi connectivity index (χ1n) is 5.96. The number of hydrogen-bond donors (Lipinski definition) is 2. The maximum absolute atomic E-state index is 11.6. The second-order valence-electron chi connectivity index (χ2n) is 4.26. The van der Waals surface area contributed by atoms with E-state index in [9.17, 15) is 4.79 Å². The van der Waals surface area contributed by atoms with E-state index in [0.717, 1.165) is 29.9 Å². The third kappa shape index (κ3) is 3.85. The molecule has 96 valence electrons. The van der Waals surface area contributed by atoms with Gasteiger partial charge in [-0.05, 0) is 33.9 Å². The van der Waals surface area contributed by atoms with Gasteiger partial charge >= 0.3 is 0 Å². The van der Waals surface area contributed by atoms with Crippen LogP contribution in [0.2, 0.25) is 0 Å². The number of nitrogens with zero attached hydrogens (tertiary/aromatic N) is 2. The largest absolute Gasteiger partial charge is 0.352 e. The third-order valence-corrected chi connectivity index (χ3v) is 2.95. The maximum atomic E-state index is 11.6. The molecule has 0 saturated carbocycles. The summed E-state index contributed by atoms with van der Waals surface area (Å²) in [4.78, 5) is 11.6. The van der Waals surface area contributed by atoms with Crippen LogP contribution in [-0.2, 0) is 18.4 Å². The van der Waals surface area contributed by atoms with Crippen LogP contribution >= 0.6 is 0 Å². The highest BCUT2D eigenvalue weighted by molar-refractivity contribution is 5.75. The summed E-state index contributed by atoms with van der Waals surface area (Å²) in [6.07, 6.45) is 1.44. The Hall–Kier alpha value is -1.36. The smallest absolute Gasteiger partial charge is 0.220 e. The van der Waals surface area contributed by atoms with Gasteiger partial charge in [0.05, 0.1) is 5.69 Å². The molecule has 0 spiro atoms. The molecule has 1 aromatic rings. The van der Waals surface area contributed by atoms with E-state index < -0.39 is 0 Å². The average molecular weight is 238 g/mol. The Bertz CT molecular complexity index is 384. The highest BCUT2D eigenvalue weighted by atomic mass is 16.1. The Balaban J connectivity index is 2.42. The third-order valence-electron chi connectivity index (χ3n) is 2.95. The summed E-state index contributed by atoms with van der Waals surface area (Å²) in [5, 5.41) is 10.3. The van der Waals surface area contributed by atoms with Crippen molar-refractivity contribution in [1.29, 1.82) is 0 Å². The maximum Gasteiger partial charge on any atom is 0.220 e. The zero-order chi connectivity index (χ0) is 12.8. The first-order chi connectivity index (χ1) is 8.06. The van der Waals surface area contributed by atoms with Crippen molar-refractivity contribution >= 4 is 5.91 Å². The second-order valence-corrected chi connectivity index (χ2v) is 4.26. The SMILES string of the molecule is CNCCCC(=O)NCc1c(C)nn(C)c1C. The van der Waals surface area contributed by atoms with E-state index in [4.69, 9.17) is 0 Å². The number of aryl methyl sites for hydroxylation is 2. The lowest BCUT2D eigenvalue weighted by molar-refractivity contribution is -0.121. The summed E-state index contributed by atoms with van der Waals surface area (Å²) >= 11 is 0. The van der Waals surface area contributed by atoms with Crippen molar-refractivity contribution in [3.8, 4) is 0 Å². The number of nitrogens with one attached hydrogen (secondary N) is 2. The first kappa shape index (κ1) is 13.7. The molecule has 5 heteroatoms. The average Bonchev–Trinajstić information content (AvgIpc) is 2.51. The molecular formula is C12H22N4O. The van der Waals surface area contributed by atoms with E-state index in [1.807, 2.05) is 32.6 Å². The lowest BCUT2D eigenvalue weighted by atomic mass is 10.2. The monoisotopic (exact) mass is 238 g/mol. The van der Waals surface area contributed by atoms with Crippen molar-refractivity contribution in [2.24, 2.45) is 7.05 Å². The number of carbonyl (C=O) groups excluding carboxylic acids is 1. The van der Waals surface area contributed by atoms with Gasteiger partial charge in [-0.3, -0.25) is 9.48 Å². The van der Waals surface area contributed by atoms with E-state index in [1.165, 1.54) is 0 Å². The summed E-state index contributed by atoms with van der Waals surface area (Å²) < 4.78 is 1.85. The van der Waals surface area contributed by atoms with Gasteiger partial charge in [0, 0.05) is 31.3 Å². The predicted molar refractivity (Wildman–Crippen MR) is 67.7 cm³/mol. The Labute approximate surface area is 103 Å². The van der Waals surface area contributed by atoms with E-state index in [0.29, 0.717) is 13.0 Å². The van der Waals surface area contributed by atoms with Crippen LogP contribution in [0.1, 0.15) is 29.8 Å². The van der Waals surface area contributed by atoms with Gasteiger partial charge in [-0.25, -0.2) is 0 Å². The van der Waals surface area contributed by atoms with Gasteiger partial charge in [0.25, 0.3) is 0 Å². The van der Waals surface area contributed by atoms with Gasteiger partial charge in [-0.2, -0.15) is 5.10 Å². The topological polar surface area (TPSA) is 59.0 Å². The number of amides is 1. The van der Waals surface area contributed by atoms with Crippen molar-refractivity contribution in [1.82, 2.24) is 20.4 Å². The fourth-order valence-corrected chi connectivity index (χ4v) is 1.77. The molecule has 0 aliphatic carbocycles.